The van der Waals surface area contributed by atoms with E-state index in [4.69, 9.17) is 24.5 Å². The fourth-order valence-corrected chi connectivity index (χ4v) is 3.91. The van der Waals surface area contributed by atoms with Crippen LogP contribution >= 0.6 is 0 Å². The number of hydrogen-bond acceptors (Lipinski definition) is 6. The van der Waals surface area contributed by atoms with Crippen molar-refractivity contribution >= 4 is 23.8 Å². The maximum absolute atomic E-state index is 13.4. The summed E-state index contributed by atoms with van der Waals surface area (Å²) in [5, 5.41) is 17.8. The minimum atomic E-state index is -1.82. The molecule has 3 N–H and O–H groups in total. The number of carbonyl (C=O) groups is 4. The normalized spacial score (nSPS) is 11.1. The molecule has 2 aromatic rings. The van der Waals surface area contributed by atoms with E-state index in [-0.39, 0.29) is 11.8 Å². The Labute approximate surface area is 236 Å². The molecule has 0 fully saturated rings. The summed E-state index contributed by atoms with van der Waals surface area (Å²) in [5.74, 6) is -3.11. The summed E-state index contributed by atoms with van der Waals surface area (Å²) >= 11 is 0. The van der Waals surface area contributed by atoms with Gasteiger partial charge in [-0.3, -0.25) is 9.59 Å². The zero-order valence-corrected chi connectivity index (χ0v) is 24.0. The summed E-state index contributed by atoms with van der Waals surface area (Å²) in [4.78, 5) is 48.6. The van der Waals surface area contributed by atoms with Crippen molar-refractivity contribution in [3.63, 3.8) is 0 Å². The third kappa shape index (κ3) is 12.8. The molecular weight excluding hydrogens is 514 g/mol. The first kappa shape index (κ1) is 34.1. The molecule has 0 aliphatic rings. The van der Waals surface area contributed by atoms with Gasteiger partial charge in [-0.25, -0.2) is 9.59 Å². The number of benzene rings is 2. The quantitative estimate of drug-likeness (QED) is 0.283. The predicted molar refractivity (Wildman–Crippen MR) is 154 cm³/mol. The molecule has 220 valence electrons. The molecule has 0 heterocycles. The van der Waals surface area contributed by atoms with Crippen molar-refractivity contribution in [1.82, 2.24) is 15.1 Å². The summed E-state index contributed by atoms with van der Waals surface area (Å²) in [6.45, 7) is 13.3. The summed E-state index contributed by atoms with van der Waals surface area (Å²) in [6.07, 6.45) is 2.19. The van der Waals surface area contributed by atoms with Crippen LogP contribution in [0, 0.1) is 0 Å². The number of likely N-dealkylation sites (N-methyl/N-ethyl adjacent to an activating group) is 1. The molecule has 0 aliphatic carbocycles. The monoisotopic (exact) mass is 557 g/mol. The number of nitrogens with zero attached hydrogens (tertiary/aromatic N) is 2. The van der Waals surface area contributed by atoms with Crippen LogP contribution in [-0.2, 0) is 20.8 Å². The zero-order valence-electron chi connectivity index (χ0n) is 24.0. The third-order valence-electron chi connectivity index (χ3n) is 6.05. The second kappa shape index (κ2) is 19.2. The number of rotatable bonds is 15. The van der Waals surface area contributed by atoms with Crippen LogP contribution in [0.3, 0.4) is 0 Å². The van der Waals surface area contributed by atoms with Gasteiger partial charge < -0.3 is 30.1 Å². The molecular formula is C30H43N3O7. The molecule has 0 saturated heterocycles. The number of nitrogens with one attached hydrogen (secondary N) is 1. The second-order valence-corrected chi connectivity index (χ2v) is 9.05. The van der Waals surface area contributed by atoms with Crippen molar-refractivity contribution in [1.29, 1.82) is 0 Å². The lowest BCUT2D eigenvalue weighted by atomic mass is 10.0. The molecule has 1 atom stereocenters. The van der Waals surface area contributed by atoms with Crippen molar-refractivity contribution in [2.45, 2.75) is 53.0 Å². The van der Waals surface area contributed by atoms with E-state index in [2.05, 4.69) is 37.9 Å². The Morgan fingerprint density at radius 3 is 1.82 bits per heavy atom. The molecule has 0 bridgehead atoms. The minimum absolute atomic E-state index is 0.0347. The van der Waals surface area contributed by atoms with E-state index in [0.717, 1.165) is 43.8 Å². The van der Waals surface area contributed by atoms with Crippen LogP contribution in [-0.4, -0.2) is 89.1 Å². The number of hydrogen-bond donors (Lipinski definition) is 3. The van der Waals surface area contributed by atoms with Gasteiger partial charge in [-0.15, -0.1) is 0 Å². The van der Waals surface area contributed by atoms with Gasteiger partial charge in [0.25, 0.3) is 5.91 Å². The van der Waals surface area contributed by atoms with Crippen LogP contribution < -0.4 is 10.1 Å². The van der Waals surface area contributed by atoms with E-state index in [1.165, 1.54) is 0 Å². The number of carbonyl (C=O) groups excluding carboxylic acids is 2. The summed E-state index contributed by atoms with van der Waals surface area (Å²) in [5.41, 5.74) is 1.53. The highest BCUT2D eigenvalue weighted by Crippen LogP contribution is 2.15. The van der Waals surface area contributed by atoms with Crippen molar-refractivity contribution in [3.05, 3.63) is 65.7 Å². The van der Waals surface area contributed by atoms with Crippen LogP contribution in [0.1, 0.15) is 56.5 Å². The molecule has 10 nitrogen and oxygen atoms in total. The molecule has 2 amide bonds. The van der Waals surface area contributed by atoms with Crippen LogP contribution in [0.15, 0.2) is 54.6 Å². The summed E-state index contributed by atoms with van der Waals surface area (Å²) in [7, 11) is 0. The van der Waals surface area contributed by atoms with E-state index in [9.17, 15) is 9.59 Å². The van der Waals surface area contributed by atoms with Crippen LogP contribution in [0.25, 0.3) is 0 Å². The Kier molecular flexibility index (Phi) is 16.4. The Hall–Kier alpha value is -3.92. The predicted octanol–water partition coefficient (Wildman–Crippen LogP) is 3.55. The van der Waals surface area contributed by atoms with E-state index in [1.807, 2.05) is 47.4 Å². The molecule has 0 aliphatic heterocycles. The van der Waals surface area contributed by atoms with Gasteiger partial charge in [-0.2, -0.15) is 0 Å². The van der Waals surface area contributed by atoms with E-state index in [1.54, 1.807) is 12.1 Å². The Morgan fingerprint density at radius 1 is 0.800 bits per heavy atom. The second-order valence-electron chi connectivity index (χ2n) is 9.05. The number of carboxylic acids is 2. The largest absolute Gasteiger partial charge is 0.492 e. The van der Waals surface area contributed by atoms with E-state index in [0.29, 0.717) is 31.7 Å². The molecule has 1 unspecified atom stereocenters. The molecule has 2 rings (SSSR count). The molecule has 0 radical (unpaired) electrons. The van der Waals surface area contributed by atoms with Crippen LogP contribution in [0.2, 0.25) is 0 Å². The molecule has 0 spiro atoms. The maximum atomic E-state index is 13.4. The van der Waals surface area contributed by atoms with Crippen LogP contribution in [0.4, 0.5) is 0 Å². The molecule has 10 heteroatoms. The van der Waals surface area contributed by atoms with Crippen molar-refractivity contribution in [3.8, 4) is 5.75 Å². The fourth-order valence-electron chi connectivity index (χ4n) is 3.91. The average molecular weight is 558 g/mol. The van der Waals surface area contributed by atoms with Gasteiger partial charge in [-0.1, -0.05) is 58.0 Å². The first-order valence-corrected chi connectivity index (χ1v) is 13.7. The molecule has 40 heavy (non-hydrogen) atoms. The number of ether oxygens (including phenoxy) is 1. The van der Waals surface area contributed by atoms with Gasteiger partial charge in [0.1, 0.15) is 18.4 Å². The Bertz CT molecular complexity index is 1020. The van der Waals surface area contributed by atoms with Gasteiger partial charge in [-0.05, 0) is 55.8 Å². The standard InChI is InChI=1S/C28H41N3O3.C2H2O4/c1-5-18-31(19-6-2)28(33)26(29-27(32)24-12-10-9-11-13-24)22-23-14-16-25(17-15-23)34-21-20-30(7-3)8-4;3-1(4)2(5)6/h9-17,26H,5-8,18-22H2,1-4H3,(H,29,32);(H,3,4)(H,5,6). The average Bonchev–Trinajstić information content (AvgIpc) is 2.96. The third-order valence-corrected chi connectivity index (χ3v) is 6.05. The topological polar surface area (TPSA) is 136 Å². The van der Waals surface area contributed by atoms with Crippen molar-refractivity contribution in [2.75, 3.05) is 39.3 Å². The molecule has 0 aromatic heterocycles. The SMILES string of the molecule is CCCN(CCC)C(=O)C(Cc1ccc(OCCN(CC)CC)cc1)NC(=O)c1ccccc1.O=C(O)C(=O)O. The number of carboxylic acid groups (broad SMARTS) is 2. The molecule has 2 aromatic carbocycles. The summed E-state index contributed by atoms with van der Waals surface area (Å²) in [6, 6.07) is 16.2. The highest BCUT2D eigenvalue weighted by atomic mass is 16.5. The highest BCUT2D eigenvalue weighted by Gasteiger charge is 2.26. The van der Waals surface area contributed by atoms with Gasteiger partial charge in [0, 0.05) is 31.6 Å². The van der Waals surface area contributed by atoms with Gasteiger partial charge in [0.05, 0.1) is 0 Å². The van der Waals surface area contributed by atoms with E-state index < -0.39 is 18.0 Å². The van der Waals surface area contributed by atoms with Gasteiger partial charge in [0.15, 0.2) is 0 Å². The number of aliphatic carboxylic acids is 2. The first-order valence-electron chi connectivity index (χ1n) is 13.7. The highest BCUT2D eigenvalue weighted by molar-refractivity contribution is 6.27. The Balaban J connectivity index is 0.00000120. The van der Waals surface area contributed by atoms with Gasteiger partial charge >= 0.3 is 11.9 Å². The smallest absolute Gasteiger partial charge is 0.414 e. The van der Waals surface area contributed by atoms with Crippen LogP contribution in [0.5, 0.6) is 5.75 Å². The minimum Gasteiger partial charge on any atom is -0.492 e. The lowest BCUT2D eigenvalue weighted by molar-refractivity contribution is -0.159. The lowest BCUT2D eigenvalue weighted by Gasteiger charge is -2.27. The van der Waals surface area contributed by atoms with E-state index >= 15 is 0 Å². The van der Waals surface area contributed by atoms with Gasteiger partial charge in [0.2, 0.25) is 5.91 Å². The van der Waals surface area contributed by atoms with Crippen molar-refractivity contribution < 1.29 is 34.1 Å². The fraction of sp³-hybridized carbons (Fsp3) is 0.467. The maximum Gasteiger partial charge on any atom is 0.414 e. The first-order chi connectivity index (χ1) is 19.2. The Morgan fingerprint density at radius 2 is 1.35 bits per heavy atom. The summed E-state index contributed by atoms with van der Waals surface area (Å²) < 4.78 is 5.89. The zero-order chi connectivity index (χ0) is 29.9. The lowest BCUT2D eigenvalue weighted by Crippen LogP contribution is -2.50. The van der Waals surface area contributed by atoms with Crippen molar-refractivity contribution in [2.24, 2.45) is 0 Å². The number of amides is 2. The molecule has 0 saturated carbocycles.